The highest BCUT2D eigenvalue weighted by Crippen LogP contribution is 2.20. The van der Waals surface area contributed by atoms with E-state index < -0.39 is 8.07 Å². The second kappa shape index (κ2) is 2.91. The first-order chi connectivity index (χ1) is 5.70. The topological polar surface area (TPSA) is 12.0 Å². The SMILES string of the molecule is C[Si]1(C)CNSc2ccccc21. The summed E-state index contributed by atoms with van der Waals surface area (Å²) in [5.41, 5.74) is 0. The molecule has 3 heteroatoms. The van der Waals surface area contributed by atoms with Gasteiger partial charge in [-0.15, -0.1) is 0 Å². The molecule has 64 valence electrons. The fourth-order valence-corrected chi connectivity index (χ4v) is 6.19. The quantitative estimate of drug-likeness (QED) is 0.500. The minimum absolute atomic E-state index is 1.14. The van der Waals surface area contributed by atoms with Gasteiger partial charge in [0.05, 0.1) is 8.07 Å². The molecular weight excluding hydrogens is 182 g/mol. The second-order valence-electron chi connectivity index (χ2n) is 3.80. The normalized spacial score (nSPS) is 20.2. The molecule has 1 nitrogen and oxygen atoms in total. The molecule has 0 amide bonds. The van der Waals surface area contributed by atoms with Crippen molar-refractivity contribution in [2.75, 3.05) is 6.17 Å². The first-order valence-corrected chi connectivity index (χ1v) is 8.22. The first-order valence-electron chi connectivity index (χ1n) is 4.19. The third kappa shape index (κ3) is 1.32. The van der Waals surface area contributed by atoms with E-state index in [1.165, 1.54) is 11.1 Å². The van der Waals surface area contributed by atoms with Crippen LogP contribution in [0, 0.1) is 0 Å². The van der Waals surface area contributed by atoms with Gasteiger partial charge in [0.2, 0.25) is 0 Å². The molecule has 0 saturated heterocycles. The van der Waals surface area contributed by atoms with Crippen molar-refractivity contribution in [2.24, 2.45) is 0 Å². The van der Waals surface area contributed by atoms with Gasteiger partial charge >= 0.3 is 0 Å². The van der Waals surface area contributed by atoms with Crippen LogP contribution in [0.25, 0.3) is 0 Å². The van der Waals surface area contributed by atoms with Crippen LogP contribution in [0.5, 0.6) is 0 Å². The lowest BCUT2D eigenvalue weighted by molar-refractivity contribution is 1.14. The molecule has 0 radical (unpaired) electrons. The van der Waals surface area contributed by atoms with Crippen LogP contribution < -0.4 is 9.91 Å². The van der Waals surface area contributed by atoms with Crippen molar-refractivity contribution in [3.8, 4) is 0 Å². The summed E-state index contributed by atoms with van der Waals surface area (Å²) >= 11 is 1.78. The van der Waals surface area contributed by atoms with Crippen molar-refractivity contribution < 1.29 is 0 Å². The average molecular weight is 195 g/mol. The lowest BCUT2D eigenvalue weighted by Gasteiger charge is -2.30. The Morgan fingerprint density at radius 3 is 2.83 bits per heavy atom. The van der Waals surface area contributed by atoms with Gasteiger partial charge in [-0.1, -0.05) is 31.3 Å². The zero-order chi connectivity index (χ0) is 8.60. The minimum atomic E-state index is -1.14. The van der Waals surface area contributed by atoms with Gasteiger partial charge in [-0.25, -0.2) is 0 Å². The second-order valence-corrected chi connectivity index (χ2v) is 9.40. The molecule has 12 heavy (non-hydrogen) atoms. The molecule has 0 atom stereocenters. The molecule has 0 aromatic heterocycles. The predicted octanol–water partition coefficient (Wildman–Crippen LogP) is 1.75. The zero-order valence-corrected chi connectivity index (χ0v) is 9.24. The van der Waals surface area contributed by atoms with E-state index in [1.807, 2.05) is 0 Å². The predicted molar refractivity (Wildman–Crippen MR) is 57.4 cm³/mol. The van der Waals surface area contributed by atoms with Crippen LogP contribution in [0.4, 0.5) is 0 Å². The lowest BCUT2D eigenvalue weighted by Crippen LogP contribution is -2.53. The van der Waals surface area contributed by atoms with Crippen LogP contribution >= 0.6 is 11.9 Å². The molecular formula is C9H13NSSi. The average Bonchev–Trinajstić information content (AvgIpc) is 2.04. The molecule has 2 rings (SSSR count). The molecule has 1 aliphatic rings. The van der Waals surface area contributed by atoms with E-state index in [0.717, 1.165) is 0 Å². The van der Waals surface area contributed by atoms with E-state index in [9.17, 15) is 0 Å². The zero-order valence-electron chi connectivity index (χ0n) is 7.42. The number of hydrogen-bond donors (Lipinski definition) is 1. The first kappa shape index (κ1) is 8.35. The Labute approximate surface area is 78.7 Å². The Hall–Kier alpha value is -0.253. The van der Waals surface area contributed by atoms with E-state index >= 15 is 0 Å². The maximum atomic E-state index is 3.41. The Morgan fingerprint density at radius 2 is 2.08 bits per heavy atom. The summed E-state index contributed by atoms with van der Waals surface area (Å²) in [6.07, 6.45) is 1.19. The smallest absolute Gasteiger partial charge is 0.0973 e. The molecule has 0 aliphatic carbocycles. The van der Waals surface area contributed by atoms with Crippen LogP contribution in [0.2, 0.25) is 13.1 Å². The minimum Gasteiger partial charge on any atom is -0.262 e. The van der Waals surface area contributed by atoms with Gasteiger partial charge in [0.25, 0.3) is 0 Å². The highest BCUT2D eigenvalue weighted by molar-refractivity contribution is 7.98. The maximum Gasteiger partial charge on any atom is 0.0973 e. The molecule has 0 fully saturated rings. The van der Waals surface area contributed by atoms with Gasteiger partial charge < -0.3 is 0 Å². The van der Waals surface area contributed by atoms with Gasteiger partial charge in [0.15, 0.2) is 0 Å². The van der Waals surface area contributed by atoms with Gasteiger partial charge in [-0.2, -0.15) is 0 Å². The fourth-order valence-electron chi connectivity index (χ4n) is 1.50. The van der Waals surface area contributed by atoms with Crippen molar-refractivity contribution in [1.82, 2.24) is 4.72 Å². The summed E-state index contributed by atoms with van der Waals surface area (Å²) in [7, 11) is -1.14. The van der Waals surface area contributed by atoms with Crippen molar-refractivity contribution in [3.63, 3.8) is 0 Å². The summed E-state index contributed by atoms with van der Waals surface area (Å²) in [5.74, 6) is 0. The Kier molecular flexibility index (Phi) is 2.02. The fraction of sp³-hybridized carbons (Fsp3) is 0.333. The van der Waals surface area contributed by atoms with Crippen LogP contribution in [-0.2, 0) is 0 Å². The number of rotatable bonds is 0. The number of nitrogens with one attached hydrogen (secondary N) is 1. The molecule has 0 spiro atoms. The number of fused-ring (bicyclic) bond motifs is 1. The van der Waals surface area contributed by atoms with E-state index in [1.54, 1.807) is 17.1 Å². The Bertz CT molecular complexity index is 298. The van der Waals surface area contributed by atoms with Crippen molar-refractivity contribution in [2.45, 2.75) is 18.0 Å². The van der Waals surface area contributed by atoms with Crippen molar-refractivity contribution >= 4 is 25.2 Å². The van der Waals surface area contributed by atoms with Crippen molar-refractivity contribution in [3.05, 3.63) is 24.3 Å². The molecule has 1 N–H and O–H groups in total. The van der Waals surface area contributed by atoms with Crippen LogP contribution in [0.1, 0.15) is 0 Å². The third-order valence-corrected chi connectivity index (χ3v) is 6.57. The lowest BCUT2D eigenvalue weighted by atomic mass is 10.4. The van der Waals surface area contributed by atoms with E-state index in [0.29, 0.717) is 0 Å². The third-order valence-electron chi connectivity index (χ3n) is 2.31. The molecule has 1 aliphatic heterocycles. The van der Waals surface area contributed by atoms with Crippen LogP contribution in [0.3, 0.4) is 0 Å². The molecule has 0 unspecified atom stereocenters. The molecule has 1 heterocycles. The molecule has 1 aromatic carbocycles. The van der Waals surface area contributed by atoms with Gasteiger partial charge in [0.1, 0.15) is 0 Å². The van der Waals surface area contributed by atoms with Crippen LogP contribution in [0.15, 0.2) is 29.2 Å². The summed E-state index contributed by atoms with van der Waals surface area (Å²) < 4.78 is 3.41. The van der Waals surface area contributed by atoms with E-state index in [2.05, 4.69) is 42.1 Å². The monoisotopic (exact) mass is 195 g/mol. The molecule has 0 saturated carbocycles. The summed E-state index contributed by atoms with van der Waals surface area (Å²) in [6.45, 7) is 4.83. The maximum absolute atomic E-state index is 3.41. The highest BCUT2D eigenvalue weighted by atomic mass is 32.2. The summed E-state index contributed by atoms with van der Waals surface area (Å²) in [6, 6.07) is 8.76. The van der Waals surface area contributed by atoms with Gasteiger partial charge in [-0.3, -0.25) is 4.72 Å². The van der Waals surface area contributed by atoms with Crippen LogP contribution in [-0.4, -0.2) is 14.2 Å². The molecule has 1 aromatic rings. The van der Waals surface area contributed by atoms with Gasteiger partial charge in [-0.05, 0) is 23.2 Å². The van der Waals surface area contributed by atoms with Crippen molar-refractivity contribution in [1.29, 1.82) is 0 Å². The largest absolute Gasteiger partial charge is 0.262 e. The summed E-state index contributed by atoms with van der Waals surface area (Å²) in [4.78, 5) is 1.43. The van der Waals surface area contributed by atoms with Gasteiger partial charge in [0, 0.05) is 11.1 Å². The summed E-state index contributed by atoms with van der Waals surface area (Å²) in [5, 5.41) is 1.61. The Balaban J connectivity index is 2.52. The van der Waals surface area contributed by atoms with E-state index in [4.69, 9.17) is 0 Å². The highest BCUT2D eigenvalue weighted by Gasteiger charge is 2.29. The number of benzene rings is 1. The number of hydrogen-bond acceptors (Lipinski definition) is 2. The Morgan fingerprint density at radius 1 is 1.33 bits per heavy atom. The molecule has 0 bridgehead atoms. The standard InChI is InChI=1S/C9H13NSSi/c1-12(2)7-10-11-8-5-3-4-6-9(8)12/h3-6,10H,7H2,1-2H3. The van der Waals surface area contributed by atoms with E-state index in [-0.39, 0.29) is 0 Å².